The van der Waals surface area contributed by atoms with Gasteiger partial charge in [-0.15, -0.1) is 11.3 Å². The Bertz CT molecular complexity index is 508. The van der Waals surface area contributed by atoms with Crippen LogP contribution >= 0.6 is 11.3 Å². The van der Waals surface area contributed by atoms with Crippen molar-refractivity contribution in [3.63, 3.8) is 0 Å². The fraction of sp³-hybridized carbons (Fsp3) is 0.600. The normalized spacial score (nSPS) is 17.7. The zero-order valence-electron chi connectivity index (χ0n) is 12.3. The Morgan fingerprint density at radius 3 is 2.90 bits per heavy atom. The average Bonchev–Trinajstić information content (AvgIpc) is 2.78. The molecule has 110 valence electrons. The molecule has 0 saturated carbocycles. The van der Waals surface area contributed by atoms with Gasteiger partial charge < -0.3 is 10.6 Å². The molecule has 1 aromatic rings. The maximum atomic E-state index is 12.2. The van der Waals surface area contributed by atoms with Gasteiger partial charge in [0.25, 0.3) is 5.91 Å². The van der Waals surface area contributed by atoms with Crippen molar-refractivity contribution in [2.45, 2.75) is 46.1 Å². The second kappa shape index (κ2) is 6.39. The molecule has 1 aliphatic carbocycles. The molecule has 1 atom stereocenters. The first-order valence-electron chi connectivity index (χ1n) is 7.14. The van der Waals surface area contributed by atoms with Crippen molar-refractivity contribution in [1.29, 1.82) is 0 Å². The Kier molecular flexibility index (Phi) is 4.81. The summed E-state index contributed by atoms with van der Waals surface area (Å²) in [6.07, 6.45) is 3.18. The van der Waals surface area contributed by atoms with E-state index in [0.29, 0.717) is 5.92 Å². The van der Waals surface area contributed by atoms with Crippen molar-refractivity contribution >= 4 is 23.2 Å². The smallest absolute Gasteiger partial charge is 0.252 e. The highest BCUT2D eigenvalue weighted by Crippen LogP contribution is 2.32. The van der Waals surface area contributed by atoms with Gasteiger partial charge in [-0.1, -0.05) is 6.92 Å². The molecule has 1 heterocycles. The van der Waals surface area contributed by atoms with E-state index in [1.165, 1.54) is 10.4 Å². The fourth-order valence-corrected chi connectivity index (χ4v) is 3.74. The number of amides is 2. The molecule has 4 nitrogen and oxygen atoms in total. The largest absolute Gasteiger partial charge is 0.352 e. The Hall–Kier alpha value is -1.36. The van der Waals surface area contributed by atoms with E-state index in [-0.39, 0.29) is 24.4 Å². The second-order valence-corrected chi connectivity index (χ2v) is 6.77. The van der Waals surface area contributed by atoms with E-state index < -0.39 is 0 Å². The molecule has 1 aromatic heterocycles. The van der Waals surface area contributed by atoms with Crippen molar-refractivity contribution in [1.82, 2.24) is 10.6 Å². The van der Waals surface area contributed by atoms with Gasteiger partial charge in [0, 0.05) is 16.3 Å². The Balaban J connectivity index is 1.95. The third kappa shape index (κ3) is 3.60. The van der Waals surface area contributed by atoms with Gasteiger partial charge in [0.05, 0.1) is 12.1 Å². The fourth-order valence-electron chi connectivity index (χ4n) is 2.50. The molecule has 0 aliphatic heterocycles. The third-order valence-electron chi connectivity index (χ3n) is 3.51. The quantitative estimate of drug-likeness (QED) is 0.893. The van der Waals surface area contributed by atoms with Crippen LogP contribution < -0.4 is 10.6 Å². The lowest BCUT2D eigenvalue weighted by Gasteiger charge is -2.18. The van der Waals surface area contributed by atoms with Crippen LogP contribution in [0.2, 0.25) is 0 Å². The highest BCUT2D eigenvalue weighted by molar-refractivity contribution is 7.10. The first-order chi connectivity index (χ1) is 9.47. The van der Waals surface area contributed by atoms with Crippen molar-refractivity contribution < 1.29 is 9.59 Å². The molecule has 0 fully saturated rings. The van der Waals surface area contributed by atoms with Crippen LogP contribution in [0.15, 0.2) is 5.38 Å². The standard InChI is InChI=1S/C15H22N2O2S/c1-9(2)17-14(18)7-16-15(19)12-8-20-13-6-10(3)4-5-11(12)13/h8-10H,4-7H2,1-3H3,(H,16,19)(H,17,18). The lowest BCUT2D eigenvalue weighted by Crippen LogP contribution is -2.40. The number of hydrogen-bond donors (Lipinski definition) is 2. The van der Waals surface area contributed by atoms with Crippen LogP contribution in [-0.2, 0) is 17.6 Å². The molecule has 2 rings (SSSR count). The van der Waals surface area contributed by atoms with Crippen LogP contribution in [0.5, 0.6) is 0 Å². The molecule has 0 spiro atoms. The minimum absolute atomic E-state index is 0.0397. The Morgan fingerprint density at radius 2 is 2.20 bits per heavy atom. The molecule has 5 heteroatoms. The molecular weight excluding hydrogens is 272 g/mol. The first kappa shape index (κ1) is 15.0. The van der Waals surface area contributed by atoms with Crippen LogP contribution in [0.4, 0.5) is 0 Å². The molecule has 2 amide bonds. The van der Waals surface area contributed by atoms with E-state index in [1.807, 2.05) is 19.2 Å². The minimum Gasteiger partial charge on any atom is -0.352 e. The van der Waals surface area contributed by atoms with Crippen LogP contribution in [0.1, 0.15) is 48.0 Å². The number of hydrogen-bond acceptors (Lipinski definition) is 3. The van der Waals surface area contributed by atoms with Crippen molar-refractivity contribution in [2.24, 2.45) is 5.92 Å². The van der Waals surface area contributed by atoms with Crippen LogP contribution in [0, 0.1) is 5.92 Å². The summed E-state index contributed by atoms with van der Waals surface area (Å²) in [7, 11) is 0. The second-order valence-electron chi connectivity index (χ2n) is 5.80. The molecule has 0 bridgehead atoms. The Morgan fingerprint density at radius 1 is 1.45 bits per heavy atom. The van der Waals surface area contributed by atoms with Gasteiger partial charge >= 0.3 is 0 Å². The number of nitrogens with one attached hydrogen (secondary N) is 2. The van der Waals surface area contributed by atoms with Gasteiger partial charge in [-0.05, 0) is 44.6 Å². The molecule has 0 saturated heterocycles. The van der Waals surface area contributed by atoms with E-state index in [9.17, 15) is 9.59 Å². The maximum Gasteiger partial charge on any atom is 0.252 e. The van der Waals surface area contributed by atoms with Crippen molar-refractivity contribution in [3.8, 4) is 0 Å². The molecule has 20 heavy (non-hydrogen) atoms. The minimum atomic E-state index is -0.147. The van der Waals surface area contributed by atoms with E-state index >= 15 is 0 Å². The predicted octanol–water partition coefficient (Wildman–Crippen LogP) is 2.13. The third-order valence-corrected chi connectivity index (χ3v) is 4.56. The molecule has 0 aromatic carbocycles. The van der Waals surface area contributed by atoms with Crippen molar-refractivity contribution in [3.05, 3.63) is 21.4 Å². The maximum absolute atomic E-state index is 12.2. The lowest BCUT2D eigenvalue weighted by atomic mass is 9.88. The van der Waals surface area contributed by atoms with E-state index in [2.05, 4.69) is 17.6 Å². The number of thiophene rings is 1. The summed E-state index contributed by atoms with van der Waals surface area (Å²) in [6.45, 7) is 6.09. The summed E-state index contributed by atoms with van der Waals surface area (Å²) in [4.78, 5) is 25.0. The van der Waals surface area contributed by atoms with Gasteiger partial charge in [0.15, 0.2) is 0 Å². The zero-order chi connectivity index (χ0) is 14.7. The van der Waals surface area contributed by atoms with Crippen molar-refractivity contribution in [2.75, 3.05) is 6.54 Å². The molecule has 1 aliphatic rings. The summed E-state index contributed by atoms with van der Waals surface area (Å²) in [5.41, 5.74) is 1.95. The summed E-state index contributed by atoms with van der Waals surface area (Å²) in [5, 5.41) is 7.40. The highest BCUT2D eigenvalue weighted by Gasteiger charge is 2.23. The topological polar surface area (TPSA) is 58.2 Å². The van der Waals surface area contributed by atoms with Gasteiger partial charge in [-0.3, -0.25) is 9.59 Å². The molecule has 1 unspecified atom stereocenters. The molecular formula is C15H22N2O2S. The van der Waals surface area contributed by atoms with Crippen LogP contribution in [-0.4, -0.2) is 24.4 Å². The lowest BCUT2D eigenvalue weighted by molar-refractivity contribution is -0.120. The molecule has 0 radical (unpaired) electrons. The average molecular weight is 294 g/mol. The molecule has 2 N–H and O–H groups in total. The highest BCUT2D eigenvalue weighted by atomic mass is 32.1. The summed E-state index contributed by atoms with van der Waals surface area (Å²) < 4.78 is 0. The van der Waals surface area contributed by atoms with Gasteiger partial charge in [0.2, 0.25) is 5.91 Å². The van der Waals surface area contributed by atoms with Crippen LogP contribution in [0.3, 0.4) is 0 Å². The number of carbonyl (C=O) groups excluding carboxylic acids is 2. The van der Waals surface area contributed by atoms with Gasteiger partial charge in [-0.25, -0.2) is 0 Å². The predicted molar refractivity (Wildman–Crippen MR) is 81.1 cm³/mol. The van der Waals surface area contributed by atoms with E-state index in [4.69, 9.17) is 0 Å². The first-order valence-corrected chi connectivity index (χ1v) is 8.02. The zero-order valence-corrected chi connectivity index (χ0v) is 13.1. The number of carbonyl (C=O) groups is 2. The summed E-state index contributed by atoms with van der Waals surface area (Å²) in [5.74, 6) is 0.427. The van der Waals surface area contributed by atoms with Gasteiger partial charge in [-0.2, -0.15) is 0 Å². The van der Waals surface area contributed by atoms with E-state index in [1.54, 1.807) is 11.3 Å². The Labute approximate surface area is 124 Å². The SMILES string of the molecule is CC1CCc2c(C(=O)NCC(=O)NC(C)C)csc2C1. The van der Waals surface area contributed by atoms with Gasteiger partial charge in [0.1, 0.15) is 0 Å². The number of rotatable bonds is 4. The summed E-state index contributed by atoms with van der Waals surface area (Å²) in [6, 6.07) is 0.0924. The summed E-state index contributed by atoms with van der Waals surface area (Å²) >= 11 is 1.67. The number of fused-ring (bicyclic) bond motifs is 1. The monoisotopic (exact) mass is 294 g/mol. The van der Waals surface area contributed by atoms with E-state index in [0.717, 1.165) is 24.8 Å². The van der Waals surface area contributed by atoms with Crippen LogP contribution in [0.25, 0.3) is 0 Å².